The van der Waals surface area contributed by atoms with E-state index in [2.05, 4.69) is 31.3 Å². The Morgan fingerprint density at radius 2 is 1.09 bits per heavy atom. The van der Waals surface area contributed by atoms with Crippen molar-refractivity contribution in [1.82, 2.24) is 5.32 Å². The summed E-state index contributed by atoms with van der Waals surface area (Å²) in [6.07, 6.45) is 28.3. The first-order chi connectivity index (χ1) is 25.8. The molecule has 10 heteroatoms. The Morgan fingerprint density at radius 3 is 1.62 bits per heavy atom. The van der Waals surface area contributed by atoms with Crippen molar-refractivity contribution in [2.45, 2.75) is 230 Å². The van der Waals surface area contributed by atoms with E-state index in [9.17, 15) is 35.4 Å². The molecular weight excluding hydrogens is 674 g/mol. The molecule has 0 aliphatic carbocycles. The predicted octanol–water partition coefficient (Wildman–Crippen LogP) is 7.30. The van der Waals surface area contributed by atoms with Crippen LogP contribution in [0.5, 0.6) is 0 Å². The Bertz CT molecular complexity index is 901. The van der Waals surface area contributed by atoms with Gasteiger partial charge in [0.1, 0.15) is 30.5 Å². The van der Waals surface area contributed by atoms with E-state index in [1.165, 1.54) is 103 Å². The van der Waals surface area contributed by atoms with Gasteiger partial charge in [0.25, 0.3) is 0 Å². The molecule has 1 aliphatic rings. The molecule has 312 valence electrons. The third kappa shape index (κ3) is 24.7. The number of unbranched alkanes of at least 4 members (excludes halogenated alkanes) is 22. The maximum Gasteiger partial charge on any atom is 0.249 e. The maximum absolute atomic E-state index is 13.0. The lowest BCUT2D eigenvalue weighted by Crippen LogP contribution is -2.60. The van der Waals surface area contributed by atoms with Crippen molar-refractivity contribution in [2.75, 3.05) is 13.2 Å². The molecule has 8 atom stereocenters. The van der Waals surface area contributed by atoms with Gasteiger partial charge in [0, 0.05) is 0 Å². The van der Waals surface area contributed by atoms with Crippen LogP contribution in [0, 0.1) is 0 Å². The first kappa shape index (κ1) is 49.6. The number of allylic oxidation sites excluding steroid dienone is 3. The maximum atomic E-state index is 13.0. The Balaban J connectivity index is 2.47. The van der Waals surface area contributed by atoms with Gasteiger partial charge in [-0.05, 0) is 44.9 Å². The molecule has 0 aromatic carbocycles. The first-order valence-corrected chi connectivity index (χ1v) is 21.7. The van der Waals surface area contributed by atoms with Crippen molar-refractivity contribution in [3.63, 3.8) is 0 Å². The van der Waals surface area contributed by atoms with E-state index in [1.807, 2.05) is 6.08 Å². The topological polar surface area (TPSA) is 169 Å². The lowest BCUT2D eigenvalue weighted by Gasteiger charge is -2.40. The molecule has 7 N–H and O–H groups in total. The van der Waals surface area contributed by atoms with E-state index in [-0.39, 0.29) is 6.61 Å². The number of aliphatic hydroxyl groups is 6. The van der Waals surface area contributed by atoms with Crippen LogP contribution in [0.25, 0.3) is 0 Å². The van der Waals surface area contributed by atoms with Crippen LogP contribution in [0.4, 0.5) is 0 Å². The van der Waals surface area contributed by atoms with E-state index in [0.717, 1.165) is 57.8 Å². The van der Waals surface area contributed by atoms with Gasteiger partial charge in [-0.2, -0.15) is 0 Å². The average Bonchev–Trinajstić information content (AvgIpc) is 3.16. The highest BCUT2D eigenvalue weighted by Gasteiger charge is 2.44. The third-order valence-corrected chi connectivity index (χ3v) is 10.4. The lowest BCUT2D eigenvalue weighted by molar-refractivity contribution is -0.302. The molecule has 0 saturated carbocycles. The fraction of sp³-hybridized carbons (Fsp3) is 0.884. The van der Waals surface area contributed by atoms with E-state index in [1.54, 1.807) is 6.08 Å². The highest BCUT2D eigenvalue weighted by molar-refractivity contribution is 5.80. The molecule has 0 bridgehead atoms. The summed E-state index contributed by atoms with van der Waals surface area (Å²) in [6.45, 7) is 3.56. The summed E-state index contributed by atoms with van der Waals surface area (Å²) in [6, 6.07) is -0.980. The third-order valence-electron chi connectivity index (χ3n) is 10.4. The van der Waals surface area contributed by atoms with Gasteiger partial charge in [0.15, 0.2) is 6.29 Å². The molecule has 0 radical (unpaired) electrons. The van der Waals surface area contributed by atoms with Crippen molar-refractivity contribution in [3.8, 4) is 0 Å². The van der Waals surface area contributed by atoms with Gasteiger partial charge < -0.3 is 45.4 Å². The number of hydrogen-bond donors (Lipinski definition) is 7. The molecule has 1 saturated heterocycles. The van der Waals surface area contributed by atoms with Crippen LogP contribution in [0.1, 0.15) is 181 Å². The highest BCUT2D eigenvalue weighted by Crippen LogP contribution is 2.22. The molecule has 1 aliphatic heterocycles. The van der Waals surface area contributed by atoms with Crippen LogP contribution in [-0.4, -0.2) is 98.7 Å². The summed E-state index contributed by atoms with van der Waals surface area (Å²) in [5.41, 5.74) is 0. The molecule has 0 unspecified atom stereocenters. The van der Waals surface area contributed by atoms with Crippen molar-refractivity contribution in [1.29, 1.82) is 0 Å². The Hall–Kier alpha value is -1.37. The Labute approximate surface area is 322 Å². The number of carbonyl (C=O) groups is 1. The summed E-state index contributed by atoms with van der Waals surface area (Å²) in [5, 5.41) is 64.5. The summed E-state index contributed by atoms with van der Waals surface area (Å²) in [4.78, 5) is 13.0. The number of amides is 1. The van der Waals surface area contributed by atoms with E-state index >= 15 is 0 Å². The average molecular weight is 756 g/mol. The fourth-order valence-corrected chi connectivity index (χ4v) is 6.74. The number of carbonyl (C=O) groups excluding carboxylic acids is 1. The first-order valence-electron chi connectivity index (χ1n) is 21.7. The summed E-state index contributed by atoms with van der Waals surface area (Å²) < 4.78 is 11.1. The largest absolute Gasteiger partial charge is 0.394 e. The normalized spacial score (nSPS) is 22.5. The smallest absolute Gasteiger partial charge is 0.249 e. The Kier molecular flexibility index (Phi) is 31.8. The molecule has 1 heterocycles. The number of aliphatic hydroxyl groups excluding tert-OH is 6. The monoisotopic (exact) mass is 756 g/mol. The lowest BCUT2D eigenvalue weighted by atomic mass is 9.99. The van der Waals surface area contributed by atoms with Crippen LogP contribution in [-0.2, 0) is 14.3 Å². The molecule has 0 spiro atoms. The van der Waals surface area contributed by atoms with Crippen LogP contribution in [0.15, 0.2) is 24.3 Å². The molecular formula is C43H81NO9. The van der Waals surface area contributed by atoms with Gasteiger partial charge in [-0.1, -0.05) is 160 Å². The van der Waals surface area contributed by atoms with Crippen molar-refractivity contribution in [3.05, 3.63) is 24.3 Å². The van der Waals surface area contributed by atoms with Crippen molar-refractivity contribution < 1.29 is 44.9 Å². The minimum Gasteiger partial charge on any atom is -0.394 e. The second kappa shape index (κ2) is 33.9. The number of rotatable bonds is 35. The fourth-order valence-electron chi connectivity index (χ4n) is 6.74. The quantitative estimate of drug-likeness (QED) is 0.0259. The molecule has 10 nitrogen and oxygen atoms in total. The van der Waals surface area contributed by atoms with Crippen molar-refractivity contribution >= 4 is 5.91 Å². The molecule has 53 heavy (non-hydrogen) atoms. The molecule has 0 aromatic rings. The van der Waals surface area contributed by atoms with E-state index in [0.29, 0.717) is 6.42 Å². The van der Waals surface area contributed by atoms with Gasteiger partial charge in [0.2, 0.25) is 5.91 Å². The molecule has 1 rings (SSSR count). The SMILES string of the molecule is CCCCC/C=C/CCCCCCC/C=C/[C@@H](O)[C@H](CO[C@@H]1O[C@H](CO)[C@@H](O)[C@H](O)[C@H]1O)NC(=O)[C@@H](O)CCCCCCCCCCCCCCCC. The second-order valence-electron chi connectivity index (χ2n) is 15.3. The zero-order chi connectivity index (χ0) is 38.9. The number of nitrogens with one attached hydrogen (secondary N) is 1. The van der Waals surface area contributed by atoms with Crippen LogP contribution >= 0.6 is 0 Å². The summed E-state index contributed by atoms with van der Waals surface area (Å²) in [7, 11) is 0. The van der Waals surface area contributed by atoms with Gasteiger partial charge in [-0.25, -0.2) is 0 Å². The van der Waals surface area contributed by atoms with E-state index in [4.69, 9.17) is 9.47 Å². The molecule has 0 aromatic heterocycles. The number of hydrogen-bond acceptors (Lipinski definition) is 9. The van der Waals surface area contributed by atoms with Crippen LogP contribution in [0.3, 0.4) is 0 Å². The standard InChI is InChI=1S/C43H81NO9/c1-3-5-7-9-11-13-15-17-19-21-23-25-27-29-31-36(46)35(34-52-43-41(50)40(49)39(48)38(33-45)53-43)44-42(51)37(47)32-30-28-26-24-22-20-18-16-14-12-10-8-6-4-2/h11,13,29,31,35-41,43,45-50H,3-10,12,14-28,30,32-34H2,1-2H3,(H,44,51)/b13-11+,31-29+/t35-,36+,37-,38+,39+,40-,41+,43+/m0/s1. The van der Waals surface area contributed by atoms with Gasteiger partial charge in [-0.15, -0.1) is 0 Å². The minimum absolute atomic E-state index is 0.307. The van der Waals surface area contributed by atoms with Gasteiger partial charge in [-0.3, -0.25) is 4.79 Å². The summed E-state index contributed by atoms with van der Waals surface area (Å²) >= 11 is 0. The summed E-state index contributed by atoms with van der Waals surface area (Å²) in [5.74, 6) is -0.620. The van der Waals surface area contributed by atoms with Gasteiger partial charge >= 0.3 is 0 Å². The van der Waals surface area contributed by atoms with Crippen molar-refractivity contribution in [2.24, 2.45) is 0 Å². The predicted molar refractivity (Wildman–Crippen MR) is 213 cm³/mol. The molecule has 1 fully saturated rings. The highest BCUT2D eigenvalue weighted by atomic mass is 16.7. The minimum atomic E-state index is -1.61. The van der Waals surface area contributed by atoms with E-state index < -0.39 is 61.5 Å². The van der Waals surface area contributed by atoms with Crippen LogP contribution in [0.2, 0.25) is 0 Å². The number of ether oxygens (including phenoxy) is 2. The van der Waals surface area contributed by atoms with Gasteiger partial charge in [0.05, 0.1) is 25.4 Å². The Morgan fingerprint density at radius 1 is 0.642 bits per heavy atom. The molecule has 1 amide bonds. The zero-order valence-electron chi connectivity index (χ0n) is 33.6. The zero-order valence-corrected chi connectivity index (χ0v) is 33.6. The second-order valence-corrected chi connectivity index (χ2v) is 15.3. The van der Waals surface area contributed by atoms with Crippen LogP contribution < -0.4 is 5.32 Å².